The molecule has 1 aliphatic heterocycles. The summed E-state index contributed by atoms with van der Waals surface area (Å²) in [6.45, 7) is 1.37. The van der Waals surface area contributed by atoms with Crippen LogP contribution < -0.4 is 0 Å². The summed E-state index contributed by atoms with van der Waals surface area (Å²) in [6, 6.07) is 7.79. The van der Waals surface area contributed by atoms with E-state index in [9.17, 15) is 4.79 Å². The number of hydrogen-bond acceptors (Lipinski definition) is 5. The third-order valence-corrected chi connectivity index (χ3v) is 5.52. The summed E-state index contributed by atoms with van der Waals surface area (Å²) in [5.41, 5.74) is 3.20. The van der Waals surface area contributed by atoms with Crippen molar-refractivity contribution in [1.29, 1.82) is 0 Å². The van der Waals surface area contributed by atoms with Crippen LogP contribution in [0.2, 0.25) is 0 Å². The zero-order valence-corrected chi connectivity index (χ0v) is 14.6. The van der Waals surface area contributed by atoms with Crippen LogP contribution in [0.25, 0.3) is 11.1 Å². The molecule has 1 fully saturated rings. The molecule has 6 nitrogen and oxygen atoms in total. The molecular weight excluding hydrogens is 330 g/mol. The summed E-state index contributed by atoms with van der Waals surface area (Å²) in [7, 11) is 0. The Morgan fingerprint density at radius 1 is 1.15 bits per heavy atom. The number of amides is 1. The molecule has 2 aromatic heterocycles. The first kappa shape index (κ1) is 15.6. The highest BCUT2D eigenvalue weighted by atomic mass is 16.5. The van der Waals surface area contributed by atoms with Crippen molar-refractivity contribution in [3.05, 3.63) is 47.2 Å². The fourth-order valence-electron chi connectivity index (χ4n) is 4.13. The maximum Gasteiger partial charge on any atom is 0.276 e. The van der Waals surface area contributed by atoms with Crippen LogP contribution in [0.1, 0.15) is 59.3 Å². The SMILES string of the molecule is O=C(c1noc2c1CCCC2)N1CCC[C@H](c2nc3ccccc3o2)C1. The number of fused-ring (bicyclic) bond motifs is 2. The molecule has 0 bridgehead atoms. The highest BCUT2D eigenvalue weighted by Gasteiger charge is 2.32. The second kappa shape index (κ2) is 6.27. The van der Waals surface area contributed by atoms with Gasteiger partial charge in [0.25, 0.3) is 5.91 Å². The van der Waals surface area contributed by atoms with Gasteiger partial charge in [-0.15, -0.1) is 0 Å². The van der Waals surface area contributed by atoms with E-state index in [0.717, 1.165) is 73.4 Å². The standard InChI is InChI=1S/C20H21N3O3/c24-20(18-14-7-1-3-9-16(14)26-22-18)23-11-5-6-13(12-23)19-21-15-8-2-4-10-17(15)25-19/h2,4,8,10,13H,1,3,5-7,9,11-12H2/t13-/m0/s1. The molecule has 1 aliphatic carbocycles. The lowest BCUT2D eigenvalue weighted by atomic mass is 9.94. The Bertz CT molecular complexity index is 925. The van der Waals surface area contributed by atoms with E-state index in [0.29, 0.717) is 12.2 Å². The van der Waals surface area contributed by atoms with Gasteiger partial charge in [-0.25, -0.2) is 4.98 Å². The van der Waals surface area contributed by atoms with Crippen LogP contribution >= 0.6 is 0 Å². The molecule has 0 unspecified atom stereocenters. The van der Waals surface area contributed by atoms with Crippen LogP contribution in [0, 0.1) is 0 Å². The number of aromatic nitrogens is 2. The number of hydrogen-bond donors (Lipinski definition) is 0. The summed E-state index contributed by atoms with van der Waals surface area (Å²) in [4.78, 5) is 19.5. The molecule has 6 heteroatoms. The first-order chi connectivity index (χ1) is 12.8. The van der Waals surface area contributed by atoms with E-state index < -0.39 is 0 Å². The first-order valence-electron chi connectivity index (χ1n) is 9.42. The maximum atomic E-state index is 13.0. The Morgan fingerprint density at radius 2 is 2.04 bits per heavy atom. The Kier molecular flexibility index (Phi) is 3.76. The number of likely N-dealkylation sites (tertiary alicyclic amines) is 1. The highest BCUT2D eigenvalue weighted by molar-refractivity contribution is 5.94. The molecule has 1 atom stereocenters. The molecule has 1 aromatic carbocycles. The molecule has 1 amide bonds. The number of benzene rings is 1. The highest BCUT2D eigenvalue weighted by Crippen LogP contribution is 2.31. The number of para-hydroxylation sites is 2. The largest absolute Gasteiger partial charge is 0.440 e. The van der Waals surface area contributed by atoms with E-state index in [1.165, 1.54) is 0 Å². The molecule has 0 spiro atoms. The Balaban J connectivity index is 1.38. The number of nitrogens with zero attached hydrogens (tertiary/aromatic N) is 3. The van der Waals surface area contributed by atoms with Crippen molar-refractivity contribution in [3.63, 3.8) is 0 Å². The lowest BCUT2D eigenvalue weighted by molar-refractivity contribution is 0.0687. The monoisotopic (exact) mass is 351 g/mol. The minimum absolute atomic E-state index is 0.0160. The number of piperidine rings is 1. The van der Waals surface area contributed by atoms with Crippen molar-refractivity contribution < 1.29 is 13.7 Å². The lowest BCUT2D eigenvalue weighted by Gasteiger charge is -2.31. The molecule has 0 saturated carbocycles. The summed E-state index contributed by atoms with van der Waals surface area (Å²) in [5, 5.41) is 4.10. The van der Waals surface area contributed by atoms with Gasteiger partial charge in [0.05, 0.1) is 5.92 Å². The summed E-state index contributed by atoms with van der Waals surface area (Å²) in [5.74, 6) is 1.73. The first-order valence-corrected chi connectivity index (χ1v) is 9.42. The topological polar surface area (TPSA) is 72.4 Å². The smallest absolute Gasteiger partial charge is 0.276 e. The zero-order valence-electron chi connectivity index (χ0n) is 14.6. The molecule has 3 heterocycles. The molecule has 134 valence electrons. The van der Waals surface area contributed by atoms with E-state index in [2.05, 4.69) is 10.1 Å². The van der Waals surface area contributed by atoms with Gasteiger partial charge < -0.3 is 13.8 Å². The quantitative estimate of drug-likeness (QED) is 0.704. The zero-order chi connectivity index (χ0) is 17.5. The lowest BCUT2D eigenvalue weighted by Crippen LogP contribution is -2.39. The van der Waals surface area contributed by atoms with Gasteiger partial charge in [-0.3, -0.25) is 4.79 Å². The van der Waals surface area contributed by atoms with E-state index >= 15 is 0 Å². The Hall–Kier alpha value is -2.63. The van der Waals surface area contributed by atoms with Crippen molar-refractivity contribution >= 4 is 17.0 Å². The van der Waals surface area contributed by atoms with E-state index in [4.69, 9.17) is 8.94 Å². The van der Waals surface area contributed by atoms with E-state index in [1.54, 1.807) is 0 Å². The van der Waals surface area contributed by atoms with Crippen molar-refractivity contribution in [2.45, 2.75) is 44.4 Å². The van der Waals surface area contributed by atoms with Gasteiger partial charge in [-0.05, 0) is 44.2 Å². The minimum atomic E-state index is -0.0160. The van der Waals surface area contributed by atoms with Gasteiger partial charge in [0.15, 0.2) is 17.2 Å². The predicted molar refractivity (Wildman–Crippen MR) is 95.0 cm³/mol. The second-order valence-electron chi connectivity index (χ2n) is 7.25. The van der Waals surface area contributed by atoms with E-state index in [1.807, 2.05) is 29.2 Å². The molecule has 3 aromatic rings. The average Bonchev–Trinajstić information content (AvgIpc) is 3.32. The number of aryl methyl sites for hydroxylation is 1. The summed E-state index contributed by atoms with van der Waals surface area (Å²) >= 11 is 0. The molecule has 26 heavy (non-hydrogen) atoms. The van der Waals surface area contributed by atoms with Crippen molar-refractivity contribution in [2.75, 3.05) is 13.1 Å². The molecular formula is C20H21N3O3. The molecule has 2 aliphatic rings. The number of carbonyl (C=O) groups excluding carboxylic acids is 1. The second-order valence-corrected chi connectivity index (χ2v) is 7.25. The third kappa shape index (κ3) is 2.60. The van der Waals surface area contributed by atoms with Crippen LogP contribution in [0.3, 0.4) is 0 Å². The number of rotatable bonds is 2. The van der Waals surface area contributed by atoms with Crippen LogP contribution in [0.4, 0.5) is 0 Å². The van der Waals surface area contributed by atoms with Crippen LogP contribution in [-0.4, -0.2) is 34.0 Å². The number of oxazole rings is 1. The van der Waals surface area contributed by atoms with Gasteiger partial charge >= 0.3 is 0 Å². The van der Waals surface area contributed by atoms with Gasteiger partial charge in [0, 0.05) is 25.1 Å². The molecule has 5 rings (SSSR count). The fourth-order valence-corrected chi connectivity index (χ4v) is 4.13. The maximum absolute atomic E-state index is 13.0. The summed E-state index contributed by atoms with van der Waals surface area (Å²) < 4.78 is 11.4. The van der Waals surface area contributed by atoms with Gasteiger partial charge in [0.1, 0.15) is 11.3 Å². The van der Waals surface area contributed by atoms with Crippen LogP contribution in [0.15, 0.2) is 33.2 Å². The molecule has 0 radical (unpaired) electrons. The third-order valence-electron chi connectivity index (χ3n) is 5.52. The van der Waals surface area contributed by atoms with Gasteiger partial charge in [0.2, 0.25) is 0 Å². The fraction of sp³-hybridized carbons (Fsp3) is 0.450. The number of carbonyl (C=O) groups is 1. The molecule has 1 saturated heterocycles. The molecule has 0 N–H and O–H groups in total. The van der Waals surface area contributed by atoms with Crippen molar-refractivity contribution in [3.8, 4) is 0 Å². The Morgan fingerprint density at radius 3 is 2.96 bits per heavy atom. The Labute approximate surface area is 151 Å². The van der Waals surface area contributed by atoms with Crippen molar-refractivity contribution in [1.82, 2.24) is 15.0 Å². The van der Waals surface area contributed by atoms with Crippen LogP contribution in [-0.2, 0) is 12.8 Å². The van der Waals surface area contributed by atoms with Crippen molar-refractivity contribution in [2.24, 2.45) is 0 Å². The normalized spacial score (nSPS) is 20.3. The van der Waals surface area contributed by atoms with Gasteiger partial charge in [-0.1, -0.05) is 17.3 Å². The predicted octanol–water partition coefficient (Wildman–Crippen LogP) is 3.71. The van der Waals surface area contributed by atoms with Crippen LogP contribution in [0.5, 0.6) is 0 Å². The summed E-state index contributed by atoms with van der Waals surface area (Å²) in [6.07, 6.45) is 5.91. The van der Waals surface area contributed by atoms with E-state index in [-0.39, 0.29) is 11.8 Å². The minimum Gasteiger partial charge on any atom is -0.440 e. The average molecular weight is 351 g/mol. The van der Waals surface area contributed by atoms with Gasteiger partial charge in [-0.2, -0.15) is 0 Å².